The van der Waals surface area contributed by atoms with Crippen LogP contribution >= 0.6 is 0 Å². The van der Waals surface area contributed by atoms with E-state index >= 15 is 0 Å². The highest BCUT2D eigenvalue weighted by Gasteiger charge is 2.24. The second-order valence-corrected chi connectivity index (χ2v) is 7.51. The fourth-order valence-corrected chi connectivity index (χ4v) is 3.43. The molecule has 0 bridgehead atoms. The first-order valence-electron chi connectivity index (χ1n) is 9.85. The molecular formula is C22H22N6O2. The molecule has 8 heteroatoms. The summed E-state index contributed by atoms with van der Waals surface area (Å²) >= 11 is 0. The molecule has 0 spiro atoms. The highest BCUT2D eigenvalue weighted by atomic mass is 16.5. The normalized spacial score (nSPS) is 17.4. The molecule has 1 amide bonds. The van der Waals surface area contributed by atoms with E-state index in [4.69, 9.17) is 9.72 Å². The van der Waals surface area contributed by atoms with Gasteiger partial charge in [-0.2, -0.15) is 9.61 Å². The minimum Gasteiger partial charge on any atom is -0.497 e. The zero-order chi connectivity index (χ0) is 20.7. The SMILES string of the molecule is C=C1NC(=O)C/C1=C\c1cnn2c(NC3CC3)cc(Nc3cccc(OC)c3)nc12. The van der Waals surface area contributed by atoms with Gasteiger partial charge in [0, 0.05) is 35.1 Å². The molecule has 152 valence electrons. The second-order valence-electron chi connectivity index (χ2n) is 7.51. The lowest BCUT2D eigenvalue weighted by Crippen LogP contribution is -2.10. The van der Waals surface area contributed by atoms with Crippen LogP contribution < -0.4 is 20.7 Å². The Morgan fingerprint density at radius 1 is 1.33 bits per heavy atom. The lowest BCUT2D eigenvalue weighted by molar-refractivity contribution is -0.118. The quantitative estimate of drug-likeness (QED) is 0.585. The average Bonchev–Trinajstić information content (AvgIpc) is 3.37. The van der Waals surface area contributed by atoms with Crippen LogP contribution in [-0.4, -0.2) is 33.7 Å². The number of anilines is 3. The Bertz CT molecular complexity index is 1190. The number of rotatable bonds is 6. The molecule has 5 rings (SSSR count). The molecule has 30 heavy (non-hydrogen) atoms. The molecule has 1 aliphatic carbocycles. The molecule has 1 saturated carbocycles. The zero-order valence-electron chi connectivity index (χ0n) is 16.6. The third-order valence-electron chi connectivity index (χ3n) is 5.13. The molecule has 8 nitrogen and oxygen atoms in total. The highest BCUT2D eigenvalue weighted by Crippen LogP contribution is 2.30. The van der Waals surface area contributed by atoms with Gasteiger partial charge in [-0.25, -0.2) is 4.98 Å². The van der Waals surface area contributed by atoms with Gasteiger partial charge in [-0.3, -0.25) is 4.79 Å². The van der Waals surface area contributed by atoms with Gasteiger partial charge in [0.15, 0.2) is 5.65 Å². The number of ether oxygens (including phenoxy) is 1. The van der Waals surface area contributed by atoms with E-state index in [9.17, 15) is 4.79 Å². The molecule has 3 N–H and O–H groups in total. The molecular weight excluding hydrogens is 380 g/mol. The molecule has 0 unspecified atom stereocenters. The summed E-state index contributed by atoms with van der Waals surface area (Å²) < 4.78 is 7.11. The van der Waals surface area contributed by atoms with E-state index in [0.29, 0.717) is 29.6 Å². The van der Waals surface area contributed by atoms with Crippen molar-refractivity contribution in [2.45, 2.75) is 25.3 Å². The van der Waals surface area contributed by atoms with Crippen molar-refractivity contribution >= 4 is 35.0 Å². The monoisotopic (exact) mass is 402 g/mol. The summed E-state index contributed by atoms with van der Waals surface area (Å²) in [4.78, 5) is 16.5. The van der Waals surface area contributed by atoms with Crippen LogP contribution in [0.15, 0.2) is 54.4 Å². The number of methoxy groups -OCH3 is 1. The van der Waals surface area contributed by atoms with Crippen LogP contribution in [0.2, 0.25) is 0 Å². The summed E-state index contributed by atoms with van der Waals surface area (Å²) in [5.41, 5.74) is 3.88. The van der Waals surface area contributed by atoms with Gasteiger partial charge in [-0.05, 0) is 36.6 Å². The van der Waals surface area contributed by atoms with Gasteiger partial charge in [0.2, 0.25) is 5.91 Å². The standard InChI is InChI=1S/C22H22N6O2/c1-13-14(9-21(29)24-13)8-15-12-23-28-20(26-16-6-7-16)11-19(27-22(15)28)25-17-4-3-5-18(10-17)30-2/h3-5,8,10-12,16,26H,1,6-7,9H2,2H3,(H,24,29)(H,25,27)/b14-8+. The van der Waals surface area contributed by atoms with E-state index in [0.717, 1.165) is 41.2 Å². The Morgan fingerprint density at radius 2 is 2.20 bits per heavy atom. The van der Waals surface area contributed by atoms with Crippen LogP contribution in [0.1, 0.15) is 24.8 Å². The predicted octanol–water partition coefficient (Wildman–Crippen LogP) is 3.47. The molecule has 0 atom stereocenters. The maximum Gasteiger partial charge on any atom is 0.228 e. The summed E-state index contributed by atoms with van der Waals surface area (Å²) in [6.45, 7) is 3.92. The third-order valence-corrected chi connectivity index (χ3v) is 5.13. The van der Waals surface area contributed by atoms with Gasteiger partial charge < -0.3 is 20.7 Å². The fourth-order valence-electron chi connectivity index (χ4n) is 3.43. The van der Waals surface area contributed by atoms with Gasteiger partial charge in [0.1, 0.15) is 17.4 Å². The number of nitrogens with zero attached hydrogens (tertiary/aromatic N) is 3. The number of carbonyl (C=O) groups is 1. The van der Waals surface area contributed by atoms with E-state index in [-0.39, 0.29) is 5.91 Å². The van der Waals surface area contributed by atoms with Crippen molar-refractivity contribution < 1.29 is 9.53 Å². The van der Waals surface area contributed by atoms with E-state index in [1.165, 1.54) is 0 Å². The molecule has 3 aromatic rings. The lowest BCUT2D eigenvalue weighted by atomic mass is 10.1. The number of aromatic nitrogens is 3. The Balaban J connectivity index is 1.56. The molecule has 0 radical (unpaired) electrons. The first-order chi connectivity index (χ1) is 14.6. The molecule has 1 saturated heterocycles. The highest BCUT2D eigenvalue weighted by molar-refractivity contribution is 5.89. The van der Waals surface area contributed by atoms with Crippen molar-refractivity contribution in [1.82, 2.24) is 19.9 Å². The summed E-state index contributed by atoms with van der Waals surface area (Å²) in [6.07, 6.45) is 6.29. The van der Waals surface area contributed by atoms with Crippen molar-refractivity contribution in [3.63, 3.8) is 0 Å². The smallest absolute Gasteiger partial charge is 0.228 e. The minimum atomic E-state index is -0.0489. The Kier molecular flexibility index (Phi) is 4.39. The molecule has 2 fully saturated rings. The number of hydrogen-bond acceptors (Lipinski definition) is 6. The lowest BCUT2D eigenvalue weighted by Gasteiger charge is -2.12. The van der Waals surface area contributed by atoms with E-state index in [1.807, 2.05) is 36.4 Å². The Morgan fingerprint density at radius 3 is 2.93 bits per heavy atom. The number of allylic oxidation sites excluding steroid dienone is 1. The molecule has 1 aromatic carbocycles. The van der Waals surface area contributed by atoms with Crippen LogP contribution in [0.5, 0.6) is 5.75 Å². The largest absolute Gasteiger partial charge is 0.497 e. The van der Waals surface area contributed by atoms with Crippen molar-refractivity contribution in [1.29, 1.82) is 0 Å². The van der Waals surface area contributed by atoms with Crippen LogP contribution in [0.3, 0.4) is 0 Å². The molecule has 2 aromatic heterocycles. The molecule has 3 heterocycles. The summed E-state index contributed by atoms with van der Waals surface area (Å²) in [5.74, 6) is 2.28. The number of nitrogens with one attached hydrogen (secondary N) is 3. The number of amides is 1. The van der Waals surface area contributed by atoms with Gasteiger partial charge >= 0.3 is 0 Å². The van der Waals surface area contributed by atoms with E-state index < -0.39 is 0 Å². The van der Waals surface area contributed by atoms with Gasteiger partial charge in [-0.15, -0.1) is 0 Å². The van der Waals surface area contributed by atoms with Crippen molar-refractivity contribution in [2.75, 3.05) is 17.7 Å². The van der Waals surface area contributed by atoms with Gasteiger partial charge in [-0.1, -0.05) is 12.6 Å². The third kappa shape index (κ3) is 3.59. The summed E-state index contributed by atoms with van der Waals surface area (Å²) in [7, 11) is 1.64. The van der Waals surface area contributed by atoms with Crippen molar-refractivity contribution in [3.05, 3.63) is 59.9 Å². The number of benzene rings is 1. The summed E-state index contributed by atoms with van der Waals surface area (Å²) in [6, 6.07) is 10.1. The van der Waals surface area contributed by atoms with E-state index in [2.05, 4.69) is 27.6 Å². The zero-order valence-corrected chi connectivity index (χ0v) is 16.6. The van der Waals surface area contributed by atoms with Crippen LogP contribution in [-0.2, 0) is 4.79 Å². The Hall–Kier alpha value is -3.81. The van der Waals surface area contributed by atoms with E-state index in [1.54, 1.807) is 17.8 Å². The number of carbonyl (C=O) groups excluding carboxylic acids is 1. The molecule has 1 aliphatic heterocycles. The minimum absolute atomic E-state index is 0.0489. The maximum absolute atomic E-state index is 11.7. The first-order valence-corrected chi connectivity index (χ1v) is 9.85. The number of hydrogen-bond donors (Lipinski definition) is 3. The van der Waals surface area contributed by atoms with Gasteiger partial charge in [0.25, 0.3) is 0 Å². The number of fused-ring (bicyclic) bond motifs is 1. The molecule has 2 aliphatic rings. The maximum atomic E-state index is 11.7. The summed E-state index contributed by atoms with van der Waals surface area (Å²) in [5, 5.41) is 14.1. The first kappa shape index (κ1) is 18.2. The van der Waals surface area contributed by atoms with Crippen LogP contribution in [0.4, 0.5) is 17.3 Å². The predicted molar refractivity (Wildman–Crippen MR) is 116 cm³/mol. The van der Waals surface area contributed by atoms with Crippen LogP contribution in [0.25, 0.3) is 11.7 Å². The average molecular weight is 402 g/mol. The second kappa shape index (κ2) is 7.22. The topological polar surface area (TPSA) is 92.6 Å². The Labute approximate surface area is 173 Å². The van der Waals surface area contributed by atoms with Crippen molar-refractivity contribution in [3.8, 4) is 5.75 Å². The van der Waals surface area contributed by atoms with Crippen LogP contribution in [0, 0.1) is 0 Å². The fraction of sp³-hybridized carbons (Fsp3) is 0.227. The van der Waals surface area contributed by atoms with Crippen molar-refractivity contribution in [2.24, 2.45) is 0 Å². The van der Waals surface area contributed by atoms with Gasteiger partial charge in [0.05, 0.1) is 19.7 Å².